The van der Waals surface area contributed by atoms with Crippen molar-refractivity contribution in [2.24, 2.45) is 5.92 Å². The Morgan fingerprint density at radius 3 is 2.71 bits per heavy atom. The minimum atomic E-state index is -4.20. The van der Waals surface area contributed by atoms with E-state index in [2.05, 4.69) is 14.1 Å². The van der Waals surface area contributed by atoms with E-state index in [0.29, 0.717) is 34.6 Å². The first-order valence-electron chi connectivity index (χ1n) is 6.71. The molecule has 0 spiro atoms. The zero-order valence-corrected chi connectivity index (χ0v) is 12.5. The predicted molar refractivity (Wildman–Crippen MR) is 77.8 cm³/mol. The average molecular weight is 336 g/mol. The van der Waals surface area contributed by atoms with E-state index in [9.17, 15) is 13.2 Å². The smallest absolute Gasteiger partial charge is 0.379 e. The van der Waals surface area contributed by atoms with Gasteiger partial charge in [-0.05, 0) is 25.0 Å². The van der Waals surface area contributed by atoms with Crippen LogP contribution in [0.25, 0.3) is 11.0 Å². The van der Waals surface area contributed by atoms with Gasteiger partial charge in [-0.1, -0.05) is 24.4 Å². The highest BCUT2D eigenvalue weighted by molar-refractivity contribution is 7.00. The Morgan fingerprint density at radius 1 is 1.19 bits per heavy atom. The summed E-state index contributed by atoms with van der Waals surface area (Å²) in [5, 5.41) is 3.36. The van der Waals surface area contributed by atoms with Gasteiger partial charge in [0, 0.05) is 6.04 Å². The SMILES string of the molecule is FC(F)(F)C1CCCCC1Nc1c(Cl)ccc2nsnc12. The zero-order valence-electron chi connectivity index (χ0n) is 11.0. The van der Waals surface area contributed by atoms with Crippen molar-refractivity contribution >= 4 is 40.0 Å². The van der Waals surface area contributed by atoms with Crippen molar-refractivity contribution in [2.45, 2.75) is 37.9 Å². The Morgan fingerprint density at radius 2 is 1.95 bits per heavy atom. The van der Waals surface area contributed by atoms with Crippen LogP contribution in [0, 0.1) is 5.92 Å². The summed E-state index contributed by atoms with van der Waals surface area (Å²) in [6.07, 6.45) is -2.16. The number of nitrogens with zero attached hydrogens (tertiary/aromatic N) is 2. The maximum Gasteiger partial charge on any atom is 0.393 e. The molecule has 0 radical (unpaired) electrons. The lowest BCUT2D eigenvalue weighted by molar-refractivity contribution is -0.184. The highest BCUT2D eigenvalue weighted by Gasteiger charge is 2.45. The lowest BCUT2D eigenvalue weighted by Crippen LogP contribution is -2.41. The van der Waals surface area contributed by atoms with Crippen LogP contribution in [0.3, 0.4) is 0 Å². The zero-order chi connectivity index (χ0) is 15.0. The number of anilines is 1. The Balaban J connectivity index is 1.93. The minimum absolute atomic E-state index is 0.157. The molecule has 21 heavy (non-hydrogen) atoms. The molecule has 1 aliphatic carbocycles. The third-order valence-electron chi connectivity index (χ3n) is 3.89. The van der Waals surface area contributed by atoms with E-state index in [1.54, 1.807) is 12.1 Å². The topological polar surface area (TPSA) is 37.8 Å². The molecular formula is C13H13ClF3N3S. The summed E-state index contributed by atoms with van der Waals surface area (Å²) in [5.41, 5.74) is 1.65. The normalized spacial score (nSPS) is 23.4. The maximum absolute atomic E-state index is 13.1. The van der Waals surface area contributed by atoms with E-state index in [-0.39, 0.29) is 6.42 Å². The predicted octanol–water partition coefficient (Wildman–Crippen LogP) is 4.88. The van der Waals surface area contributed by atoms with Crippen LogP contribution in [0.2, 0.25) is 5.02 Å². The van der Waals surface area contributed by atoms with Gasteiger partial charge in [-0.2, -0.15) is 21.9 Å². The van der Waals surface area contributed by atoms with Crippen molar-refractivity contribution in [1.82, 2.24) is 8.75 Å². The van der Waals surface area contributed by atoms with E-state index in [4.69, 9.17) is 11.6 Å². The number of halogens is 4. The summed E-state index contributed by atoms with van der Waals surface area (Å²) in [7, 11) is 0. The molecule has 1 aromatic carbocycles. The maximum atomic E-state index is 13.1. The molecule has 3 rings (SSSR count). The number of hydrogen-bond donors (Lipinski definition) is 1. The van der Waals surface area contributed by atoms with Crippen molar-refractivity contribution < 1.29 is 13.2 Å². The molecule has 1 fully saturated rings. The molecule has 1 aliphatic rings. The van der Waals surface area contributed by atoms with Gasteiger partial charge in [0.25, 0.3) is 0 Å². The van der Waals surface area contributed by atoms with Gasteiger partial charge < -0.3 is 5.32 Å². The van der Waals surface area contributed by atoms with Gasteiger partial charge in [-0.3, -0.25) is 0 Å². The molecule has 1 N–H and O–H groups in total. The van der Waals surface area contributed by atoms with Crippen molar-refractivity contribution in [3.05, 3.63) is 17.2 Å². The van der Waals surface area contributed by atoms with Crippen LogP contribution in [-0.4, -0.2) is 21.0 Å². The van der Waals surface area contributed by atoms with Crippen molar-refractivity contribution in [1.29, 1.82) is 0 Å². The molecule has 1 aromatic heterocycles. The monoisotopic (exact) mass is 335 g/mol. The van der Waals surface area contributed by atoms with Crippen LogP contribution in [0.15, 0.2) is 12.1 Å². The number of aromatic nitrogens is 2. The molecule has 3 nitrogen and oxygen atoms in total. The van der Waals surface area contributed by atoms with Crippen LogP contribution in [0.1, 0.15) is 25.7 Å². The number of hydrogen-bond acceptors (Lipinski definition) is 4. The number of rotatable bonds is 2. The fraction of sp³-hybridized carbons (Fsp3) is 0.538. The van der Waals surface area contributed by atoms with Gasteiger partial charge in [-0.15, -0.1) is 0 Å². The molecule has 2 atom stereocenters. The summed E-state index contributed by atoms with van der Waals surface area (Å²) in [6.45, 7) is 0. The number of nitrogens with one attached hydrogen (secondary N) is 1. The van der Waals surface area contributed by atoms with Crippen LogP contribution in [-0.2, 0) is 0 Å². The summed E-state index contributed by atoms with van der Waals surface area (Å²) in [5.74, 6) is -1.34. The van der Waals surface area contributed by atoms with Crippen LogP contribution in [0.4, 0.5) is 18.9 Å². The molecule has 1 saturated carbocycles. The lowest BCUT2D eigenvalue weighted by atomic mass is 9.84. The average Bonchev–Trinajstić information content (AvgIpc) is 2.90. The summed E-state index contributed by atoms with van der Waals surface area (Å²) in [4.78, 5) is 0. The molecule has 0 aliphatic heterocycles. The quantitative estimate of drug-likeness (QED) is 0.850. The first-order valence-corrected chi connectivity index (χ1v) is 7.81. The molecule has 8 heteroatoms. The Labute approximate surface area is 128 Å². The standard InChI is InChI=1S/C13H13ClF3N3S/c14-8-5-6-10-12(20-21-19-10)11(8)18-9-4-2-1-3-7(9)13(15,16)17/h5-7,9,18H,1-4H2. The third kappa shape index (κ3) is 2.94. The number of fused-ring (bicyclic) bond motifs is 1. The van der Waals surface area contributed by atoms with Crippen LogP contribution in [0.5, 0.6) is 0 Å². The molecule has 1 heterocycles. The van der Waals surface area contributed by atoms with Crippen molar-refractivity contribution in [3.63, 3.8) is 0 Å². The van der Waals surface area contributed by atoms with Gasteiger partial charge in [0.05, 0.1) is 28.4 Å². The summed E-state index contributed by atoms with van der Waals surface area (Å²) >= 11 is 7.16. The summed E-state index contributed by atoms with van der Waals surface area (Å²) in [6, 6.07) is 2.69. The van der Waals surface area contributed by atoms with E-state index in [0.717, 1.165) is 18.1 Å². The van der Waals surface area contributed by atoms with E-state index >= 15 is 0 Å². The third-order valence-corrected chi connectivity index (χ3v) is 4.75. The lowest BCUT2D eigenvalue weighted by Gasteiger charge is -2.34. The molecular weight excluding hydrogens is 323 g/mol. The fourth-order valence-corrected chi connectivity index (χ4v) is 3.59. The summed E-state index contributed by atoms with van der Waals surface area (Å²) < 4.78 is 47.7. The van der Waals surface area contributed by atoms with Crippen LogP contribution < -0.4 is 5.32 Å². The highest BCUT2D eigenvalue weighted by Crippen LogP contribution is 2.40. The van der Waals surface area contributed by atoms with Gasteiger partial charge in [0.2, 0.25) is 0 Å². The minimum Gasteiger partial charge on any atom is -0.379 e. The van der Waals surface area contributed by atoms with Gasteiger partial charge >= 0.3 is 6.18 Å². The second kappa shape index (κ2) is 5.61. The molecule has 2 unspecified atom stereocenters. The molecule has 2 aromatic rings. The van der Waals surface area contributed by atoms with Gasteiger partial charge in [0.15, 0.2) is 0 Å². The second-order valence-electron chi connectivity index (χ2n) is 5.24. The van der Waals surface area contributed by atoms with E-state index in [1.165, 1.54) is 0 Å². The molecule has 0 bridgehead atoms. The van der Waals surface area contributed by atoms with Gasteiger partial charge in [-0.25, -0.2) is 0 Å². The second-order valence-corrected chi connectivity index (χ2v) is 6.17. The van der Waals surface area contributed by atoms with Crippen molar-refractivity contribution in [3.8, 4) is 0 Å². The number of alkyl halides is 3. The fourth-order valence-electron chi connectivity index (χ4n) is 2.84. The molecule has 0 saturated heterocycles. The van der Waals surface area contributed by atoms with E-state index in [1.807, 2.05) is 0 Å². The molecule has 114 valence electrons. The molecule has 0 amide bonds. The highest BCUT2D eigenvalue weighted by atomic mass is 35.5. The largest absolute Gasteiger partial charge is 0.393 e. The van der Waals surface area contributed by atoms with Crippen molar-refractivity contribution in [2.75, 3.05) is 5.32 Å². The first kappa shape index (κ1) is 14.8. The van der Waals surface area contributed by atoms with Crippen LogP contribution >= 0.6 is 23.3 Å². The Bertz CT molecular complexity index is 643. The van der Waals surface area contributed by atoms with E-state index < -0.39 is 18.1 Å². The number of benzene rings is 1. The first-order chi connectivity index (χ1) is 9.97. The van der Waals surface area contributed by atoms with Gasteiger partial charge in [0.1, 0.15) is 11.0 Å². The Kier molecular flexibility index (Phi) is 3.96. The Hall–Kier alpha value is -1.08.